The van der Waals surface area contributed by atoms with E-state index >= 15 is 0 Å². The maximum Gasteiger partial charge on any atom is 0.384 e. The normalized spacial score (nSPS) is 8.56. The van der Waals surface area contributed by atoms with Crippen molar-refractivity contribution in [1.82, 2.24) is 0 Å². The van der Waals surface area contributed by atoms with Gasteiger partial charge in [0, 0.05) is 11.5 Å². The summed E-state index contributed by atoms with van der Waals surface area (Å²) in [5.74, 6) is 3.38. The molecule has 0 saturated heterocycles. The molecule has 0 radical (unpaired) electrons. The number of nitrogens with zero attached hydrogens (tertiary/aromatic N) is 1. The predicted octanol–water partition coefficient (Wildman–Crippen LogP) is 1.61. The van der Waals surface area contributed by atoms with Crippen LogP contribution in [0.1, 0.15) is 18.1 Å². The molecule has 0 spiro atoms. The Morgan fingerprint density at radius 2 is 2.12 bits per heavy atom. The molecular weight excluding hydrogens is 209 g/mol. The number of halogens is 1. The topological polar surface area (TPSA) is 50.1 Å². The second-order valence-corrected chi connectivity index (χ2v) is 2.81. The first-order chi connectivity index (χ1) is 7.65. The van der Waals surface area contributed by atoms with E-state index in [1.165, 1.54) is 6.07 Å². The minimum Gasteiger partial charge on any atom is -0.456 e. The van der Waals surface area contributed by atoms with Crippen molar-refractivity contribution < 1.29 is 13.9 Å². The molecule has 0 aliphatic rings. The Balaban J connectivity index is 2.93. The largest absolute Gasteiger partial charge is 0.456 e. The zero-order valence-electron chi connectivity index (χ0n) is 8.58. The van der Waals surface area contributed by atoms with Gasteiger partial charge in [0.1, 0.15) is 5.82 Å². The van der Waals surface area contributed by atoms with Gasteiger partial charge in [-0.1, -0.05) is 5.92 Å². The minimum absolute atomic E-state index is 0.160. The molecule has 0 aliphatic carbocycles. The van der Waals surface area contributed by atoms with Crippen LogP contribution < -0.4 is 0 Å². The Kier molecular flexibility index (Phi) is 4.06. The molecule has 4 heteroatoms. The van der Waals surface area contributed by atoms with Crippen molar-refractivity contribution in [2.75, 3.05) is 6.61 Å². The number of rotatable bonds is 1. The SMILES string of the molecule is CCOC(=O)C#Cc1cc(F)cc(C#N)c1. The molecule has 1 aromatic carbocycles. The van der Waals surface area contributed by atoms with Gasteiger partial charge >= 0.3 is 5.97 Å². The fraction of sp³-hybridized carbons (Fsp3) is 0.167. The molecule has 3 nitrogen and oxygen atoms in total. The summed E-state index contributed by atoms with van der Waals surface area (Å²) in [6.45, 7) is 1.90. The first-order valence-corrected chi connectivity index (χ1v) is 4.55. The highest BCUT2D eigenvalue weighted by Crippen LogP contribution is 2.07. The van der Waals surface area contributed by atoms with Gasteiger partial charge in [-0.15, -0.1) is 0 Å². The van der Waals surface area contributed by atoms with Gasteiger partial charge in [0.25, 0.3) is 0 Å². The van der Waals surface area contributed by atoms with Crippen LogP contribution in [0.4, 0.5) is 4.39 Å². The fourth-order valence-corrected chi connectivity index (χ4v) is 1.02. The molecule has 0 aliphatic heterocycles. The number of nitriles is 1. The van der Waals surface area contributed by atoms with Crippen LogP contribution in [-0.4, -0.2) is 12.6 Å². The van der Waals surface area contributed by atoms with Crippen molar-refractivity contribution in [3.05, 3.63) is 35.1 Å². The zero-order valence-corrected chi connectivity index (χ0v) is 8.58. The minimum atomic E-state index is -0.676. The third-order valence-electron chi connectivity index (χ3n) is 1.61. The molecule has 80 valence electrons. The van der Waals surface area contributed by atoms with Crippen LogP contribution in [0.2, 0.25) is 0 Å². The lowest BCUT2D eigenvalue weighted by molar-refractivity contribution is -0.136. The zero-order chi connectivity index (χ0) is 12.0. The van der Waals surface area contributed by atoms with E-state index in [9.17, 15) is 9.18 Å². The van der Waals surface area contributed by atoms with Crippen molar-refractivity contribution in [3.63, 3.8) is 0 Å². The Bertz CT molecular complexity index is 506. The molecule has 0 N–H and O–H groups in total. The number of carbonyl (C=O) groups excluding carboxylic acids is 1. The van der Waals surface area contributed by atoms with Gasteiger partial charge in [-0.05, 0) is 25.1 Å². The van der Waals surface area contributed by atoms with Crippen LogP contribution in [0.5, 0.6) is 0 Å². The molecule has 0 fully saturated rings. The highest BCUT2D eigenvalue weighted by molar-refractivity contribution is 5.89. The van der Waals surface area contributed by atoms with Crippen molar-refractivity contribution in [3.8, 4) is 17.9 Å². The Morgan fingerprint density at radius 3 is 2.75 bits per heavy atom. The lowest BCUT2D eigenvalue weighted by atomic mass is 10.1. The average Bonchev–Trinajstić information content (AvgIpc) is 2.26. The molecule has 0 amide bonds. The van der Waals surface area contributed by atoms with Crippen LogP contribution in [0.25, 0.3) is 0 Å². The van der Waals surface area contributed by atoms with Crippen LogP contribution in [0.15, 0.2) is 18.2 Å². The molecule has 0 bridgehead atoms. The maximum atomic E-state index is 13.0. The average molecular weight is 217 g/mol. The van der Waals surface area contributed by atoms with Gasteiger partial charge in [0.15, 0.2) is 0 Å². The number of hydrogen-bond donors (Lipinski definition) is 0. The first-order valence-electron chi connectivity index (χ1n) is 4.55. The summed E-state index contributed by atoms with van der Waals surface area (Å²) < 4.78 is 17.5. The van der Waals surface area contributed by atoms with Crippen LogP contribution in [0, 0.1) is 29.0 Å². The van der Waals surface area contributed by atoms with E-state index in [0.29, 0.717) is 0 Å². The van der Waals surface area contributed by atoms with E-state index < -0.39 is 11.8 Å². The van der Waals surface area contributed by atoms with Crippen molar-refractivity contribution in [2.45, 2.75) is 6.92 Å². The number of esters is 1. The lowest BCUT2D eigenvalue weighted by Crippen LogP contribution is -1.99. The quantitative estimate of drug-likeness (QED) is 0.530. The van der Waals surface area contributed by atoms with Gasteiger partial charge in [0.05, 0.1) is 18.2 Å². The highest BCUT2D eigenvalue weighted by atomic mass is 19.1. The summed E-state index contributed by atoms with van der Waals surface area (Å²) in [4.78, 5) is 10.9. The van der Waals surface area contributed by atoms with Gasteiger partial charge in [-0.2, -0.15) is 5.26 Å². The molecular formula is C12H8FNO2. The highest BCUT2D eigenvalue weighted by Gasteiger charge is 1.98. The molecule has 0 atom stereocenters. The summed E-state index contributed by atoms with van der Waals surface area (Å²) in [6.07, 6.45) is 0. The fourth-order valence-electron chi connectivity index (χ4n) is 1.02. The monoisotopic (exact) mass is 217 g/mol. The number of benzene rings is 1. The second-order valence-electron chi connectivity index (χ2n) is 2.81. The van der Waals surface area contributed by atoms with E-state index in [4.69, 9.17) is 5.26 Å². The summed E-state index contributed by atoms with van der Waals surface area (Å²) in [6, 6.07) is 5.43. The van der Waals surface area contributed by atoms with E-state index in [0.717, 1.165) is 12.1 Å². The predicted molar refractivity (Wildman–Crippen MR) is 54.6 cm³/mol. The molecule has 1 aromatic rings. The molecule has 0 heterocycles. The molecule has 0 aromatic heterocycles. The molecule has 1 rings (SSSR count). The molecule has 0 saturated carbocycles. The van der Waals surface area contributed by atoms with E-state index in [1.54, 1.807) is 13.0 Å². The lowest BCUT2D eigenvalue weighted by Gasteiger charge is -1.94. The van der Waals surface area contributed by atoms with Gasteiger partial charge < -0.3 is 4.74 Å². The number of ether oxygens (including phenoxy) is 1. The Hall–Kier alpha value is -2.33. The van der Waals surface area contributed by atoms with Gasteiger partial charge in [0.2, 0.25) is 0 Å². The summed E-state index contributed by atoms with van der Waals surface area (Å²) >= 11 is 0. The van der Waals surface area contributed by atoms with Crippen molar-refractivity contribution >= 4 is 5.97 Å². The van der Waals surface area contributed by atoms with Crippen LogP contribution in [-0.2, 0) is 9.53 Å². The summed E-state index contributed by atoms with van der Waals surface area (Å²) in [5.41, 5.74) is 0.428. The van der Waals surface area contributed by atoms with Crippen molar-refractivity contribution in [2.24, 2.45) is 0 Å². The van der Waals surface area contributed by atoms with E-state index in [-0.39, 0.29) is 17.7 Å². The molecule has 0 unspecified atom stereocenters. The third kappa shape index (κ3) is 3.43. The van der Waals surface area contributed by atoms with Crippen LogP contribution in [0.3, 0.4) is 0 Å². The molecule has 16 heavy (non-hydrogen) atoms. The van der Waals surface area contributed by atoms with Crippen LogP contribution >= 0.6 is 0 Å². The van der Waals surface area contributed by atoms with Gasteiger partial charge in [-0.25, -0.2) is 9.18 Å². The maximum absolute atomic E-state index is 13.0. The standard InChI is InChI=1S/C12H8FNO2/c1-2-16-12(15)4-3-9-5-10(8-14)7-11(13)6-9/h5-7H,2H2,1H3. The Morgan fingerprint density at radius 1 is 1.44 bits per heavy atom. The van der Waals surface area contributed by atoms with E-state index in [1.807, 2.05) is 0 Å². The van der Waals surface area contributed by atoms with Crippen molar-refractivity contribution in [1.29, 1.82) is 5.26 Å². The van der Waals surface area contributed by atoms with Gasteiger partial charge in [-0.3, -0.25) is 0 Å². The number of carbonyl (C=O) groups is 1. The summed E-state index contributed by atoms with van der Waals surface area (Å²) in [7, 11) is 0. The number of hydrogen-bond acceptors (Lipinski definition) is 3. The second kappa shape index (κ2) is 5.53. The first kappa shape index (κ1) is 11.7. The third-order valence-corrected chi connectivity index (χ3v) is 1.61. The summed E-state index contributed by atoms with van der Waals surface area (Å²) in [5, 5.41) is 8.59. The Labute approximate surface area is 92.5 Å². The van der Waals surface area contributed by atoms with E-state index in [2.05, 4.69) is 16.6 Å². The smallest absolute Gasteiger partial charge is 0.384 e.